The van der Waals surface area contributed by atoms with Gasteiger partial charge < -0.3 is 20.3 Å². The van der Waals surface area contributed by atoms with Crippen molar-refractivity contribution in [3.05, 3.63) is 0 Å². The summed E-state index contributed by atoms with van der Waals surface area (Å²) in [4.78, 5) is 2.65. The van der Waals surface area contributed by atoms with Gasteiger partial charge in [0.25, 0.3) is 0 Å². The van der Waals surface area contributed by atoms with Crippen LogP contribution in [-0.2, 0) is 4.74 Å². The molecular weight excluding hydrogens is 298 g/mol. The molecule has 0 spiro atoms. The standard InChI is InChI=1S/C17H33N3O.ClH/c1-14-4-3-9-20(12-14)10-7-18-16-6-2-5-15(16)17-13-21-11-8-19-17;/h14-19H,2-13H2,1H3;1H. The van der Waals surface area contributed by atoms with Gasteiger partial charge in [0.05, 0.1) is 13.2 Å². The van der Waals surface area contributed by atoms with Crippen LogP contribution in [-0.4, -0.2) is 62.9 Å². The first-order valence-corrected chi connectivity index (χ1v) is 9.10. The van der Waals surface area contributed by atoms with E-state index in [-0.39, 0.29) is 12.4 Å². The van der Waals surface area contributed by atoms with E-state index in [0.29, 0.717) is 12.1 Å². The number of ether oxygens (including phenoxy) is 1. The zero-order valence-electron chi connectivity index (χ0n) is 14.1. The molecule has 0 bridgehead atoms. The summed E-state index contributed by atoms with van der Waals surface area (Å²) < 4.78 is 5.66. The summed E-state index contributed by atoms with van der Waals surface area (Å²) in [5.74, 6) is 1.66. The van der Waals surface area contributed by atoms with Crippen molar-refractivity contribution in [1.29, 1.82) is 0 Å². The summed E-state index contributed by atoms with van der Waals surface area (Å²) >= 11 is 0. The van der Waals surface area contributed by atoms with E-state index in [9.17, 15) is 0 Å². The second-order valence-electron chi connectivity index (χ2n) is 7.34. The van der Waals surface area contributed by atoms with Gasteiger partial charge in [-0.1, -0.05) is 13.3 Å². The Balaban J connectivity index is 0.00000176. The Morgan fingerprint density at radius 1 is 1.23 bits per heavy atom. The van der Waals surface area contributed by atoms with Gasteiger partial charge in [0.1, 0.15) is 0 Å². The van der Waals surface area contributed by atoms with Crippen LogP contribution in [0, 0.1) is 11.8 Å². The number of hydrogen-bond donors (Lipinski definition) is 2. The van der Waals surface area contributed by atoms with Crippen molar-refractivity contribution in [2.24, 2.45) is 11.8 Å². The van der Waals surface area contributed by atoms with Gasteiger partial charge in [0.2, 0.25) is 0 Å². The molecule has 0 aromatic heterocycles. The molecule has 3 rings (SSSR count). The lowest BCUT2D eigenvalue weighted by Crippen LogP contribution is -2.51. The van der Waals surface area contributed by atoms with Crippen molar-refractivity contribution in [2.45, 2.75) is 51.1 Å². The molecule has 22 heavy (non-hydrogen) atoms. The molecule has 5 heteroatoms. The number of nitrogens with zero attached hydrogens (tertiary/aromatic N) is 1. The van der Waals surface area contributed by atoms with Crippen LogP contribution in [0.1, 0.15) is 39.0 Å². The predicted octanol–water partition coefficient (Wildman–Crippen LogP) is 1.89. The van der Waals surface area contributed by atoms with Crippen molar-refractivity contribution in [3.8, 4) is 0 Å². The van der Waals surface area contributed by atoms with Crippen LogP contribution in [0.2, 0.25) is 0 Å². The minimum atomic E-state index is 0. The number of piperidine rings is 1. The molecule has 3 fully saturated rings. The Morgan fingerprint density at radius 2 is 2.14 bits per heavy atom. The average Bonchev–Trinajstić information content (AvgIpc) is 2.97. The van der Waals surface area contributed by atoms with Crippen LogP contribution in [0.4, 0.5) is 0 Å². The Bertz CT molecular complexity index is 312. The van der Waals surface area contributed by atoms with Crippen molar-refractivity contribution >= 4 is 12.4 Å². The number of hydrogen-bond acceptors (Lipinski definition) is 4. The Morgan fingerprint density at radius 3 is 2.91 bits per heavy atom. The average molecular weight is 332 g/mol. The molecule has 2 saturated heterocycles. The van der Waals surface area contributed by atoms with Gasteiger partial charge in [-0.25, -0.2) is 0 Å². The van der Waals surface area contributed by atoms with Crippen LogP contribution in [0.3, 0.4) is 0 Å². The van der Waals surface area contributed by atoms with Crippen LogP contribution < -0.4 is 10.6 Å². The summed E-state index contributed by atoms with van der Waals surface area (Å²) in [6.45, 7) is 10.2. The highest BCUT2D eigenvalue weighted by Crippen LogP contribution is 2.29. The third-order valence-electron chi connectivity index (χ3n) is 5.61. The van der Waals surface area contributed by atoms with Crippen molar-refractivity contribution < 1.29 is 4.74 Å². The normalized spacial score (nSPS) is 37.0. The zero-order valence-corrected chi connectivity index (χ0v) is 14.9. The maximum atomic E-state index is 5.66. The van der Waals surface area contributed by atoms with E-state index < -0.39 is 0 Å². The SMILES string of the molecule is CC1CCCN(CCNC2CCCC2C2COCCN2)C1.Cl. The molecule has 2 heterocycles. The zero-order chi connectivity index (χ0) is 14.5. The fourth-order valence-corrected chi connectivity index (χ4v) is 4.48. The topological polar surface area (TPSA) is 36.5 Å². The highest BCUT2D eigenvalue weighted by molar-refractivity contribution is 5.85. The predicted molar refractivity (Wildman–Crippen MR) is 93.8 cm³/mol. The lowest BCUT2D eigenvalue weighted by molar-refractivity contribution is 0.0522. The molecule has 0 amide bonds. The Kier molecular flexibility index (Phi) is 7.92. The van der Waals surface area contributed by atoms with Crippen LogP contribution >= 0.6 is 12.4 Å². The van der Waals surface area contributed by atoms with Gasteiger partial charge in [0.15, 0.2) is 0 Å². The van der Waals surface area contributed by atoms with Crippen LogP contribution in [0.15, 0.2) is 0 Å². The summed E-state index contributed by atoms with van der Waals surface area (Å²) in [6, 6.07) is 1.28. The molecule has 2 N–H and O–H groups in total. The van der Waals surface area contributed by atoms with E-state index in [2.05, 4.69) is 22.5 Å². The summed E-state index contributed by atoms with van der Waals surface area (Å²) in [5.41, 5.74) is 0. The summed E-state index contributed by atoms with van der Waals surface area (Å²) in [5, 5.41) is 7.52. The number of rotatable bonds is 5. The van der Waals surface area contributed by atoms with E-state index in [1.165, 1.54) is 51.7 Å². The van der Waals surface area contributed by atoms with Gasteiger partial charge in [0, 0.05) is 38.3 Å². The van der Waals surface area contributed by atoms with Gasteiger partial charge in [-0.05, 0) is 44.1 Å². The first-order chi connectivity index (χ1) is 10.3. The maximum absolute atomic E-state index is 5.66. The third-order valence-corrected chi connectivity index (χ3v) is 5.61. The Labute approximate surface area is 142 Å². The molecule has 2 aliphatic heterocycles. The monoisotopic (exact) mass is 331 g/mol. The van der Waals surface area contributed by atoms with E-state index in [0.717, 1.165) is 38.1 Å². The summed E-state index contributed by atoms with van der Waals surface area (Å²) in [7, 11) is 0. The van der Waals surface area contributed by atoms with E-state index in [4.69, 9.17) is 4.74 Å². The van der Waals surface area contributed by atoms with Crippen LogP contribution in [0.25, 0.3) is 0 Å². The second-order valence-corrected chi connectivity index (χ2v) is 7.34. The molecular formula is C17H34ClN3O. The quantitative estimate of drug-likeness (QED) is 0.806. The first-order valence-electron chi connectivity index (χ1n) is 9.10. The van der Waals surface area contributed by atoms with Gasteiger partial charge in [-0.2, -0.15) is 0 Å². The molecule has 0 aromatic carbocycles. The number of halogens is 1. The van der Waals surface area contributed by atoms with E-state index in [1.807, 2.05) is 0 Å². The summed E-state index contributed by atoms with van der Waals surface area (Å²) in [6.07, 6.45) is 6.89. The highest BCUT2D eigenvalue weighted by Gasteiger charge is 2.34. The van der Waals surface area contributed by atoms with Crippen molar-refractivity contribution in [1.82, 2.24) is 15.5 Å². The maximum Gasteiger partial charge on any atom is 0.0623 e. The third kappa shape index (κ3) is 5.07. The number of likely N-dealkylation sites (tertiary alicyclic amines) is 1. The fraction of sp³-hybridized carbons (Fsp3) is 1.00. The molecule has 0 aromatic rings. The Hall–Kier alpha value is 0.130. The molecule has 4 nitrogen and oxygen atoms in total. The molecule has 130 valence electrons. The van der Waals surface area contributed by atoms with Crippen molar-refractivity contribution in [3.63, 3.8) is 0 Å². The minimum Gasteiger partial charge on any atom is -0.379 e. The van der Waals surface area contributed by atoms with Crippen LogP contribution in [0.5, 0.6) is 0 Å². The molecule has 0 radical (unpaired) electrons. The number of morpholine rings is 1. The second kappa shape index (κ2) is 9.43. The number of nitrogens with one attached hydrogen (secondary N) is 2. The lowest BCUT2D eigenvalue weighted by atomic mass is 9.94. The van der Waals surface area contributed by atoms with Gasteiger partial charge >= 0.3 is 0 Å². The van der Waals surface area contributed by atoms with E-state index in [1.54, 1.807) is 0 Å². The molecule has 1 aliphatic carbocycles. The lowest BCUT2D eigenvalue weighted by Gasteiger charge is -2.34. The van der Waals surface area contributed by atoms with Gasteiger partial charge in [-0.3, -0.25) is 0 Å². The van der Waals surface area contributed by atoms with E-state index >= 15 is 0 Å². The molecule has 4 atom stereocenters. The van der Waals surface area contributed by atoms with Gasteiger partial charge in [-0.15, -0.1) is 12.4 Å². The van der Waals surface area contributed by atoms with Crippen molar-refractivity contribution in [2.75, 3.05) is 45.9 Å². The molecule has 1 saturated carbocycles. The molecule has 4 unspecified atom stereocenters. The highest BCUT2D eigenvalue weighted by atomic mass is 35.5. The molecule has 3 aliphatic rings. The smallest absolute Gasteiger partial charge is 0.0623 e. The first kappa shape index (κ1) is 18.5. The minimum absolute atomic E-state index is 0. The fourth-order valence-electron chi connectivity index (χ4n) is 4.48. The largest absolute Gasteiger partial charge is 0.379 e.